The third-order valence-electron chi connectivity index (χ3n) is 2.04. The van der Waals surface area contributed by atoms with Gasteiger partial charge in [0.05, 0.1) is 12.7 Å². The van der Waals surface area contributed by atoms with Gasteiger partial charge in [-0.3, -0.25) is 9.48 Å². The van der Waals surface area contributed by atoms with Gasteiger partial charge in [-0.15, -0.1) is 0 Å². The summed E-state index contributed by atoms with van der Waals surface area (Å²) in [5, 5.41) is 3.59. The molecule has 0 atom stereocenters. The maximum atomic E-state index is 11.7. The molecular formula is C10H10Cl2N2O3. The molecule has 92 valence electrons. The number of hydrogen-bond donors (Lipinski definition) is 0. The molecule has 0 aliphatic rings. The van der Waals surface area contributed by atoms with Gasteiger partial charge in [0, 0.05) is 12.6 Å². The predicted octanol–water partition coefficient (Wildman–Crippen LogP) is 1.66. The van der Waals surface area contributed by atoms with Crippen molar-refractivity contribution in [1.29, 1.82) is 0 Å². The maximum Gasteiger partial charge on any atom is 0.333 e. The Hall–Kier alpha value is -1.33. The van der Waals surface area contributed by atoms with E-state index < -0.39 is 11.4 Å². The maximum absolute atomic E-state index is 11.7. The summed E-state index contributed by atoms with van der Waals surface area (Å²) in [6, 6.07) is 0. The number of aryl methyl sites for hydroxylation is 1. The molecule has 0 saturated heterocycles. The summed E-state index contributed by atoms with van der Waals surface area (Å²) in [6.07, 6.45) is 1.32. The zero-order valence-corrected chi connectivity index (χ0v) is 11.0. The van der Waals surface area contributed by atoms with Crippen LogP contribution in [0.2, 0.25) is 10.3 Å². The van der Waals surface area contributed by atoms with E-state index in [1.165, 1.54) is 24.8 Å². The molecule has 1 aromatic rings. The Labute approximate surface area is 108 Å². The highest BCUT2D eigenvalue weighted by molar-refractivity contribution is 6.32. The summed E-state index contributed by atoms with van der Waals surface area (Å²) in [5.41, 5.74) is -0.177. The van der Waals surface area contributed by atoms with Crippen LogP contribution in [0.5, 0.6) is 0 Å². The third-order valence-corrected chi connectivity index (χ3v) is 2.74. The van der Waals surface area contributed by atoms with Crippen LogP contribution in [0, 0.1) is 0 Å². The van der Waals surface area contributed by atoms with Crippen LogP contribution in [0.15, 0.2) is 10.4 Å². The van der Waals surface area contributed by atoms with Gasteiger partial charge in [-0.2, -0.15) is 5.10 Å². The highest BCUT2D eigenvalue weighted by Gasteiger charge is 2.13. The van der Waals surface area contributed by atoms with Gasteiger partial charge >= 0.3 is 5.97 Å². The van der Waals surface area contributed by atoms with Crippen molar-refractivity contribution in [3.8, 4) is 0 Å². The van der Waals surface area contributed by atoms with Crippen molar-refractivity contribution in [3.63, 3.8) is 0 Å². The Morgan fingerprint density at radius 1 is 1.47 bits per heavy atom. The van der Waals surface area contributed by atoms with Crippen LogP contribution in [-0.2, 0) is 16.6 Å². The molecule has 0 amide bonds. The number of rotatable bonds is 2. The molecule has 0 aliphatic heterocycles. The summed E-state index contributed by atoms with van der Waals surface area (Å²) < 4.78 is 5.77. The zero-order chi connectivity index (χ0) is 13.2. The Bertz CT molecular complexity index is 549. The minimum absolute atomic E-state index is 0.0997. The second-order valence-corrected chi connectivity index (χ2v) is 3.98. The van der Waals surface area contributed by atoms with E-state index in [0.717, 1.165) is 0 Å². The summed E-state index contributed by atoms with van der Waals surface area (Å²) >= 11 is 11.5. The van der Waals surface area contributed by atoms with Crippen LogP contribution >= 0.6 is 23.2 Å². The molecule has 0 N–H and O–H groups in total. The van der Waals surface area contributed by atoms with Crippen LogP contribution < -0.4 is 5.43 Å². The molecule has 7 heteroatoms. The molecule has 0 bridgehead atoms. The topological polar surface area (TPSA) is 61.2 Å². The number of carbonyl (C=O) groups excluding carboxylic acids is 1. The third kappa shape index (κ3) is 2.87. The molecule has 0 aliphatic carbocycles. The molecule has 0 spiro atoms. The number of aromatic nitrogens is 2. The van der Waals surface area contributed by atoms with E-state index in [-0.39, 0.29) is 21.4 Å². The Balaban J connectivity index is 3.42. The number of methoxy groups -OCH3 is 1. The summed E-state index contributed by atoms with van der Waals surface area (Å²) in [4.78, 5) is 22.9. The number of carbonyl (C=O) groups is 1. The van der Waals surface area contributed by atoms with Crippen LogP contribution in [0.3, 0.4) is 0 Å². The number of ether oxygens (including phenoxy) is 1. The van der Waals surface area contributed by atoms with Crippen molar-refractivity contribution in [2.45, 2.75) is 6.92 Å². The number of esters is 1. The first-order valence-corrected chi connectivity index (χ1v) is 5.33. The monoisotopic (exact) mass is 276 g/mol. The molecule has 1 aromatic heterocycles. The second kappa shape index (κ2) is 5.33. The van der Waals surface area contributed by atoms with Crippen LogP contribution in [0.25, 0.3) is 6.08 Å². The van der Waals surface area contributed by atoms with Gasteiger partial charge in [-0.05, 0) is 13.0 Å². The molecule has 17 heavy (non-hydrogen) atoms. The smallest absolute Gasteiger partial charge is 0.333 e. The molecule has 0 fully saturated rings. The van der Waals surface area contributed by atoms with Crippen molar-refractivity contribution in [2.24, 2.45) is 7.05 Å². The van der Waals surface area contributed by atoms with E-state index in [4.69, 9.17) is 23.2 Å². The van der Waals surface area contributed by atoms with Gasteiger partial charge in [-0.1, -0.05) is 23.2 Å². The van der Waals surface area contributed by atoms with Gasteiger partial charge in [-0.25, -0.2) is 4.79 Å². The van der Waals surface area contributed by atoms with Gasteiger partial charge in [0.2, 0.25) is 5.43 Å². The fourth-order valence-electron chi connectivity index (χ4n) is 1.16. The standard InChI is InChI=1S/C10H10Cl2N2O3/c1-5(10(16)17-3)4-6-7(15)8(11)13-14(2)9(6)12/h4H,1-3H3/b5-4+. The normalized spacial score (nSPS) is 11.5. The van der Waals surface area contributed by atoms with Gasteiger partial charge in [0.1, 0.15) is 5.15 Å². The largest absolute Gasteiger partial charge is 0.466 e. The minimum atomic E-state index is -0.545. The second-order valence-electron chi connectivity index (χ2n) is 3.27. The first-order chi connectivity index (χ1) is 7.88. The average molecular weight is 277 g/mol. The van der Waals surface area contributed by atoms with E-state index in [1.807, 2.05) is 0 Å². The molecule has 0 radical (unpaired) electrons. The first kappa shape index (κ1) is 13.7. The van der Waals surface area contributed by atoms with Gasteiger partial charge in [0.15, 0.2) is 5.15 Å². The Morgan fingerprint density at radius 2 is 2.06 bits per heavy atom. The summed E-state index contributed by atoms with van der Waals surface area (Å²) in [7, 11) is 2.79. The SMILES string of the molecule is COC(=O)/C(C)=C/c1c(Cl)n(C)nc(Cl)c1=O. The fraction of sp³-hybridized carbons (Fsp3) is 0.300. The van der Waals surface area contributed by atoms with E-state index in [2.05, 4.69) is 9.84 Å². The Morgan fingerprint density at radius 3 is 2.59 bits per heavy atom. The van der Waals surface area contributed by atoms with E-state index >= 15 is 0 Å². The van der Waals surface area contributed by atoms with Crippen molar-refractivity contribution in [1.82, 2.24) is 9.78 Å². The van der Waals surface area contributed by atoms with Crippen LogP contribution in [0.1, 0.15) is 12.5 Å². The molecule has 1 heterocycles. The van der Waals surface area contributed by atoms with Crippen LogP contribution in [-0.4, -0.2) is 22.9 Å². The van der Waals surface area contributed by atoms with Crippen molar-refractivity contribution in [2.75, 3.05) is 7.11 Å². The molecule has 5 nitrogen and oxygen atoms in total. The molecule has 1 rings (SSSR count). The molecule has 0 aromatic carbocycles. The van der Waals surface area contributed by atoms with Gasteiger partial charge in [0.25, 0.3) is 0 Å². The highest BCUT2D eigenvalue weighted by atomic mass is 35.5. The average Bonchev–Trinajstić information content (AvgIpc) is 2.30. The van der Waals surface area contributed by atoms with Gasteiger partial charge < -0.3 is 4.74 Å². The lowest BCUT2D eigenvalue weighted by molar-refractivity contribution is -0.135. The predicted molar refractivity (Wildman–Crippen MR) is 65.2 cm³/mol. The van der Waals surface area contributed by atoms with Crippen molar-refractivity contribution in [3.05, 3.63) is 31.7 Å². The van der Waals surface area contributed by atoms with E-state index in [1.54, 1.807) is 7.05 Å². The number of hydrogen-bond acceptors (Lipinski definition) is 4. The van der Waals surface area contributed by atoms with Crippen molar-refractivity contribution >= 4 is 35.2 Å². The zero-order valence-electron chi connectivity index (χ0n) is 9.45. The lowest BCUT2D eigenvalue weighted by Gasteiger charge is -2.05. The van der Waals surface area contributed by atoms with Crippen LogP contribution in [0.4, 0.5) is 0 Å². The van der Waals surface area contributed by atoms with E-state index in [9.17, 15) is 9.59 Å². The number of halogens is 2. The molecule has 0 unspecified atom stereocenters. The van der Waals surface area contributed by atoms with E-state index in [0.29, 0.717) is 0 Å². The minimum Gasteiger partial charge on any atom is -0.466 e. The fourth-order valence-corrected chi connectivity index (χ4v) is 1.56. The molecule has 0 saturated carbocycles. The summed E-state index contributed by atoms with van der Waals surface area (Å²) in [6.45, 7) is 1.51. The first-order valence-electron chi connectivity index (χ1n) is 4.57. The quantitative estimate of drug-likeness (QED) is 0.609. The molecular weight excluding hydrogens is 267 g/mol. The summed E-state index contributed by atoms with van der Waals surface area (Å²) in [5.74, 6) is -0.545. The Kier molecular flexibility index (Phi) is 4.31. The number of nitrogens with zero attached hydrogens (tertiary/aromatic N) is 2. The lowest BCUT2D eigenvalue weighted by atomic mass is 10.2. The highest BCUT2D eigenvalue weighted by Crippen LogP contribution is 2.16. The van der Waals surface area contributed by atoms with Crippen molar-refractivity contribution < 1.29 is 9.53 Å². The lowest BCUT2D eigenvalue weighted by Crippen LogP contribution is -2.16.